The molecule has 27 heavy (non-hydrogen) atoms. The standard InChI is InChI=1S/C20H18O7/c1-23-13-6-7-17(24-2)15(9-13)16-8-12-4-5-14(26-11-19(21)25-3)10-18(12)27-20(16)22/h4-10H,11H2,1-3H3. The third-order valence-corrected chi connectivity index (χ3v) is 3.99. The summed E-state index contributed by atoms with van der Waals surface area (Å²) in [6.45, 7) is -0.231. The Morgan fingerprint density at radius 1 is 0.926 bits per heavy atom. The van der Waals surface area contributed by atoms with Crippen molar-refractivity contribution in [2.75, 3.05) is 27.9 Å². The molecule has 3 rings (SSSR count). The number of fused-ring (bicyclic) bond motifs is 1. The van der Waals surface area contributed by atoms with Crippen LogP contribution in [0.25, 0.3) is 22.1 Å². The van der Waals surface area contributed by atoms with Crippen molar-refractivity contribution in [3.63, 3.8) is 0 Å². The molecule has 0 atom stereocenters. The first kappa shape index (κ1) is 18.3. The van der Waals surface area contributed by atoms with Crippen LogP contribution in [0.2, 0.25) is 0 Å². The lowest BCUT2D eigenvalue weighted by Crippen LogP contribution is -2.12. The van der Waals surface area contributed by atoms with E-state index in [-0.39, 0.29) is 6.61 Å². The molecule has 7 nitrogen and oxygen atoms in total. The van der Waals surface area contributed by atoms with Crippen LogP contribution in [0.15, 0.2) is 51.7 Å². The van der Waals surface area contributed by atoms with Crippen LogP contribution in [0.4, 0.5) is 0 Å². The topological polar surface area (TPSA) is 84.2 Å². The van der Waals surface area contributed by atoms with Gasteiger partial charge in [-0.15, -0.1) is 0 Å². The van der Waals surface area contributed by atoms with Gasteiger partial charge in [-0.1, -0.05) is 0 Å². The molecule has 1 heterocycles. The van der Waals surface area contributed by atoms with E-state index in [2.05, 4.69) is 4.74 Å². The van der Waals surface area contributed by atoms with Gasteiger partial charge in [-0.3, -0.25) is 0 Å². The Labute approximate surface area is 155 Å². The molecule has 3 aromatic rings. The lowest BCUT2D eigenvalue weighted by Gasteiger charge is -2.11. The molecule has 0 fully saturated rings. The number of esters is 1. The molecule has 0 aliphatic heterocycles. The van der Waals surface area contributed by atoms with Crippen molar-refractivity contribution in [3.05, 3.63) is 52.9 Å². The largest absolute Gasteiger partial charge is 0.497 e. The lowest BCUT2D eigenvalue weighted by atomic mass is 10.0. The average molecular weight is 370 g/mol. The Morgan fingerprint density at radius 3 is 2.41 bits per heavy atom. The predicted octanol–water partition coefficient (Wildman–Crippen LogP) is 3.03. The highest BCUT2D eigenvalue weighted by Gasteiger charge is 2.14. The summed E-state index contributed by atoms with van der Waals surface area (Å²) in [5, 5.41) is 0.694. The number of ether oxygens (including phenoxy) is 4. The van der Waals surface area contributed by atoms with Crippen LogP contribution in [-0.2, 0) is 9.53 Å². The van der Waals surface area contributed by atoms with Crippen LogP contribution in [-0.4, -0.2) is 33.9 Å². The van der Waals surface area contributed by atoms with Gasteiger partial charge in [0.2, 0.25) is 0 Å². The fourth-order valence-electron chi connectivity index (χ4n) is 2.59. The first-order valence-electron chi connectivity index (χ1n) is 8.05. The zero-order valence-corrected chi connectivity index (χ0v) is 15.1. The molecular weight excluding hydrogens is 352 g/mol. The van der Waals surface area contributed by atoms with Gasteiger partial charge in [0.05, 0.1) is 26.9 Å². The van der Waals surface area contributed by atoms with Crippen molar-refractivity contribution in [1.29, 1.82) is 0 Å². The van der Waals surface area contributed by atoms with Crippen molar-refractivity contribution in [1.82, 2.24) is 0 Å². The quantitative estimate of drug-likeness (QED) is 0.487. The molecule has 0 amide bonds. The van der Waals surface area contributed by atoms with Gasteiger partial charge in [0.15, 0.2) is 6.61 Å². The summed E-state index contributed by atoms with van der Waals surface area (Å²) in [4.78, 5) is 23.7. The first-order chi connectivity index (χ1) is 13.0. The number of rotatable bonds is 6. The summed E-state index contributed by atoms with van der Waals surface area (Å²) < 4.78 is 25.9. The maximum Gasteiger partial charge on any atom is 0.344 e. The number of carbonyl (C=O) groups excluding carboxylic acids is 1. The minimum Gasteiger partial charge on any atom is -0.497 e. The molecule has 0 saturated heterocycles. The Kier molecular flexibility index (Phi) is 5.30. The molecule has 1 aromatic heterocycles. The Bertz CT molecular complexity index is 1040. The second-order valence-corrected chi connectivity index (χ2v) is 5.58. The van der Waals surface area contributed by atoms with Crippen molar-refractivity contribution in [2.24, 2.45) is 0 Å². The molecule has 0 aliphatic carbocycles. The van der Waals surface area contributed by atoms with Crippen LogP contribution in [0.1, 0.15) is 0 Å². The molecule has 7 heteroatoms. The molecule has 2 aromatic carbocycles. The van der Waals surface area contributed by atoms with Crippen LogP contribution >= 0.6 is 0 Å². The average Bonchev–Trinajstić information content (AvgIpc) is 2.70. The van der Waals surface area contributed by atoms with Crippen molar-refractivity contribution < 1.29 is 28.2 Å². The van der Waals surface area contributed by atoms with Gasteiger partial charge in [0.1, 0.15) is 22.8 Å². The molecule has 0 aliphatic rings. The molecule has 0 spiro atoms. The number of carbonyl (C=O) groups is 1. The molecule has 0 unspecified atom stereocenters. The summed E-state index contributed by atoms with van der Waals surface area (Å²) >= 11 is 0. The smallest absolute Gasteiger partial charge is 0.344 e. The van der Waals surface area contributed by atoms with Gasteiger partial charge in [0.25, 0.3) is 0 Å². The normalized spacial score (nSPS) is 10.5. The maximum absolute atomic E-state index is 12.5. The zero-order valence-electron chi connectivity index (χ0n) is 15.1. The van der Waals surface area contributed by atoms with E-state index in [1.54, 1.807) is 49.6 Å². The monoisotopic (exact) mass is 370 g/mol. The molecule has 0 N–H and O–H groups in total. The fourth-order valence-corrected chi connectivity index (χ4v) is 2.59. The van der Waals surface area contributed by atoms with E-state index in [1.165, 1.54) is 14.2 Å². The fraction of sp³-hybridized carbons (Fsp3) is 0.200. The van der Waals surface area contributed by atoms with Gasteiger partial charge >= 0.3 is 11.6 Å². The summed E-state index contributed by atoms with van der Waals surface area (Å²) in [7, 11) is 4.35. The first-order valence-corrected chi connectivity index (χ1v) is 8.05. The zero-order chi connectivity index (χ0) is 19.4. The number of methoxy groups -OCH3 is 3. The third kappa shape index (κ3) is 3.87. The summed E-state index contributed by atoms with van der Waals surface area (Å²) in [5.41, 5.74) is 0.729. The Balaban J connectivity index is 2.03. The van der Waals surface area contributed by atoms with Crippen LogP contribution in [0, 0.1) is 0 Å². The van der Waals surface area contributed by atoms with Gasteiger partial charge in [-0.2, -0.15) is 0 Å². The number of hydrogen-bond acceptors (Lipinski definition) is 7. The van der Waals surface area contributed by atoms with E-state index >= 15 is 0 Å². The van der Waals surface area contributed by atoms with E-state index < -0.39 is 11.6 Å². The van der Waals surface area contributed by atoms with Gasteiger partial charge in [-0.05, 0) is 36.4 Å². The van der Waals surface area contributed by atoms with Crippen molar-refractivity contribution >= 4 is 16.9 Å². The molecular formula is C20H18O7. The molecule has 0 saturated carbocycles. The minimum absolute atomic E-state index is 0.231. The van der Waals surface area contributed by atoms with Crippen molar-refractivity contribution in [2.45, 2.75) is 0 Å². The second-order valence-electron chi connectivity index (χ2n) is 5.58. The lowest BCUT2D eigenvalue weighted by molar-refractivity contribution is -0.142. The summed E-state index contributed by atoms with van der Waals surface area (Å²) in [6.07, 6.45) is 0. The van der Waals surface area contributed by atoms with E-state index in [0.29, 0.717) is 39.3 Å². The van der Waals surface area contributed by atoms with E-state index in [9.17, 15) is 9.59 Å². The molecule has 140 valence electrons. The molecule has 0 bridgehead atoms. The summed E-state index contributed by atoms with van der Waals surface area (Å²) in [6, 6.07) is 11.9. The number of benzene rings is 2. The third-order valence-electron chi connectivity index (χ3n) is 3.99. The van der Waals surface area contributed by atoms with Crippen LogP contribution in [0.5, 0.6) is 17.2 Å². The highest BCUT2D eigenvalue weighted by Crippen LogP contribution is 2.33. The Hall–Kier alpha value is -3.48. The number of hydrogen-bond donors (Lipinski definition) is 0. The Morgan fingerprint density at radius 2 is 1.70 bits per heavy atom. The van der Waals surface area contributed by atoms with Crippen molar-refractivity contribution in [3.8, 4) is 28.4 Å². The predicted molar refractivity (Wildman–Crippen MR) is 98.5 cm³/mol. The van der Waals surface area contributed by atoms with Gasteiger partial charge < -0.3 is 23.4 Å². The minimum atomic E-state index is -0.529. The van der Waals surface area contributed by atoms with Gasteiger partial charge in [-0.25, -0.2) is 9.59 Å². The van der Waals surface area contributed by atoms with Gasteiger partial charge in [0, 0.05) is 17.0 Å². The summed E-state index contributed by atoms with van der Waals surface area (Å²) in [5.74, 6) is 1.01. The maximum atomic E-state index is 12.5. The van der Waals surface area contributed by atoms with Crippen LogP contribution in [0.3, 0.4) is 0 Å². The van der Waals surface area contributed by atoms with Crippen LogP contribution < -0.4 is 19.8 Å². The van der Waals surface area contributed by atoms with E-state index in [1.807, 2.05) is 0 Å². The van der Waals surface area contributed by atoms with E-state index in [0.717, 1.165) is 0 Å². The highest BCUT2D eigenvalue weighted by molar-refractivity contribution is 5.84. The second kappa shape index (κ2) is 7.82. The van der Waals surface area contributed by atoms with E-state index in [4.69, 9.17) is 18.6 Å². The SMILES string of the molecule is COC(=O)COc1ccc2cc(-c3cc(OC)ccc3OC)c(=O)oc2c1. The molecule has 0 radical (unpaired) electrons. The highest BCUT2D eigenvalue weighted by atomic mass is 16.6.